The maximum Gasteiger partial charge on any atom is 0.335 e. The molecule has 0 aliphatic rings. The standard InChI is InChI=1S/C12H16O4/c1-8(2)7-16-11-6-9(12(13)14)4-5-10(11)15-3/h4-6,8H,7H2,1-3H3,(H,13,14). The lowest BCUT2D eigenvalue weighted by atomic mass is 10.2. The Bertz CT molecular complexity index is 371. The van der Waals surface area contributed by atoms with Crippen molar-refractivity contribution in [1.82, 2.24) is 0 Å². The molecule has 0 unspecified atom stereocenters. The third kappa shape index (κ3) is 3.15. The first-order chi connectivity index (χ1) is 7.54. The van der Waals surface area contributed by atoms with Crippen LogP contribution in [0.25, 0.3) is 0 Å². The zero-order valence-corrected chi connectivity index (χ0v) is 9.69. The van der Waals surface area contributed by atoms with Crippen LogP contribution >= 0.6 is 0 Å². The molecule has 88 valence electrons. The Morgan fingerprint density at radius 1 is 1.38 bits per heavy atom. The number of hydrogen-bond donors (Lipinski definition) is 1. The van der Waals surface area contributed by atoms with Gasteiger partial charge >= 0.3 is 5.97 Å². The van der Waals surface area contributed by atoms with Crippen molar-refractivity contribution in [2.45, 2.75) is 13.8 Å². The van der Waals surface area contributed by atoms with Crippen molar-refractivity contribution in [3.63, 3.8) is 0 Å². The topological polar surface area (TPSA) is 55.8 Å². The van der Waals surface area contributed by atoms with Crippen LogP contribution in [0.2, 0.25) is 0 Å². The molecule has 1 aromatic rings. The van der Waals surface area contributed by atoms with Crippen molar-refractivity contribution in [2.24, 2.45) is 5.92 Å². The molecule has 0 atom stereocenters. The second-order valence-electron chi connectivity index (χ2n) is 3.88. The number of aromatic carboxylic acids is 1. The highest BCUT2D eigenvalue weighted by Gasteiger charge is 2.10. The minimum atomic E-state index is -0.975. The molecule has 0 aliphatic heterocycles. The lowest BCUT2D eigenvalue weighted by Crippen LogP contribution is -2.06. The van der Waals surface area contributed by atoms with Crippen LogP contribution in [0.5, 0.6) is 11.5 Å². The Labute approximate surface area is 94.8 Å². The van der Waals surface area contributed by atoms with Gasteiger partial charge in [0, 0.05) is 0 Å². The molecule has 4 nitrogen and oxygen atoms in total. The lowest BCUT2D eigenvalue weighted by molar-refractivity contribution is 0.0696. The van der Waals surface area contributed by atoms with Gasteiger partial charge in [-0.2, -0.15) is 0 Å². The van der Waals surface area contributed by atoms with Crippen molar-refractivity contribution in [1.29, 1.82) is 0 Å². The van der Waals surface area contributed by atoms with E-state index in [0.717, 1.165) is 0 Å². The van der Waals surface area contributed by atoms with Crippen LogP contribution in [-0.2, 0) is 0 Å². The molecular formula is C12H16O4. The monoisotopic (exact) mass is 224 g/mol. The first-order valence-corrected chi connectivity index (χ1v) is 5.08. The molecule has 0 aliphatic carbocycles. The van der Waals surface area contributed by atoms with Crippen LogP contribution in [0.3, 0.4) is 0 Å². The van der Waals surface area contributed by atoms with E-state index in [1.165, 1.54) is 19.2 Å². The SMILES string of the molecule is COc1ccc(C(=O)O)cc1OCC(C)C. The largest absolute Gasteiger partial charge is 0.493 e. The Hall–Kier alpha value is -1.71. The first kappa shape index (κ1) is 12.4. The number of methoxy groups -OCH3 is 1. The number of carboxylic acid groups (broad SMARTS) is 1. The summed E-state index contributed by atoms with van der Waals surface area (Å²) in [5, 5.41) is 8.85. The lowest BCUT2D eigenvalue weighted by Gasteiger charge is -2.12. The van der Waals surface area contributed by atoms with Crippen LogP contribution in [0.15, 0.2) is 18.2 Å². The van der Waals surface area contributed by atoms with Gasteiger partial charge < -0.3 is 14.6 Å². The third-order valence-corrected chi connectivity index (χ3v) is 1.98. The van der Waals surface area contributed by atoms with E-state index >= 15 is 0 Å². The van der Waals surface area contributed by atoms with Gasteiger partial charge in [-0.15, -0.1) is 0 Å². The van der Waals surface area contributed by atoms with Gasteiger partial charge in [-0.3, -0.25) is 0 Å². The Morgan fingerprint density at radius 2 is 2.06 bits per heavy atom. The van der Waals surface area contributed by atoms with E-state index in [4.69, 9.17) is 14.6 Å². The Balaban J connectivity index is 2.93. The van der Waals surface area contributed by atoms with E-state index in [2.05, 4.69) is 0 Å². The summed E-state index contributed by atoms with van der Waals surface area (Å²) in [4.78, 5) is 10.8. The Kier molecular flexibility index (Phi) is 4.17. The molecule has 0 bridgehead atoms. The smallest absolute Gasteiger partial charge is 0.335 e. The zero-order valence-electron chi connectivity index (χ0n) is 9.69. The second kappa shape index (κ2) is 5.39. The highest BCUT2D eigenvalue weighted by Crippen LogP contribution is 2.28. The molecule has 0 spiro atoms. The van der Waals surface area contributed by atoms with Gasteiger partial charge in [0.1, 0.15) is 0 Å². The maximum atomic E-state index is 10.8. The molecule has 1 rings (SSSR count). The van der Waals surface area contributed by atoms with Crippen molar-refractivity contribution in [3.05, 3.63) is 23.8 Å². The van der Waals surface area contributed by atoms with Gasteiger partial charge in [-0.05, 0) is 24.1 Å². The molecular weight excluding hydrogens is 208 g/mol. The summed E-state index contributed by atoms with van der Waals surface area (Å²) in [6.45, 7) is 4.57. The average molecular weight is 224 g/mol. The minimum Gasteiger partial charge on any atom is -0.493 e. The fourth-order valence-electron chi connectivity index (χ4n) is 1.18. The number of carbonyl (C=O) groups is 1. The number of benzene rings is 1. The van der Waals surface area contributed by atoms with Crippen LogP contribution in [-0.4, -0.2) is 24.8 Å². The van der Waals surface area contributed by atoms with E-state index in [9.17, 15) is 4.79 Å². The molecule has 16 heavy (non-hydrogen) atoms. The molecule has 4 heteroatoms. The first-order valence-electron chi connectivity index (χ1n) is 5.08. The van der Waals surface area contributed by atoms with E-state index < -0.39 is 5.97 Å². The second-order valence-corrected chi connectivity index (χ2v) is 3.88. The number of ether oxygens (including phenoxy) is 2. The summed E-state index contributed by atoms with van der Waals surface area (Å²) in [5.74, 6) is 0.414. The van der Waals surface area contributed by atoms with Gasteiger partial charge in [0.05, 0.1) is 19.3 Å². The van der Waals surface area contributed by atoms with Crippen molar-refractivity contribution in [3.8, 4) is 11.5 Å². The predicted molar refractivity (Wildman–Crippen MR) is 60.3 cm³/mol. The summed E-state index contributed by atoms with van der Waals surface area (Å²) < 4.78 is 10.6. The van der Waals surface area contributed by atoms with Gasteiger partial charge in [0.25, 0.3) is 0 Å². The quantitative estimate of drug-likeness (QED) is 0.834. The normalized spacial score (nSPS) is 10.2. The van der Waals surface area contributed by atoms with Crippen LogP contribution < -0.4 is 9.47 Å². The van der Waals surface area contributed by atoms with E-state index in [-0.39, 0.29) is 5.56 Å². The summed E-state index contributed by atoms with van der Waals surface area (Å²) >= 11 is 0. The molecule has 0 saturated heterocycles. The van der Waals surface area contributed by atoms with Crippen LogP contribution in [0.4, 0.5) is 0 Å². The minimum absolute atomic E-state index is 0.194. The summed E-state index contributed by atoms with van der Waals surface area (Å²) in [5.41, 5.74) is 0.194. The Morgan fingerprint density at radius 3 is 2.56 bits per heavy atom. The number of carboxylic acids is 1. The van der Waals surface area contributed by atoms with Gasteiger partial charge in [0.15, 0.2) is 11.5 Å². The number of hydrogen-bond acceptors (Lipinski definition) is 3. The van der Waals surface area contributed by atoms with Crippen molar-refractivity contribution < 1.29 is 19.4 Å². The maximum absolute atomic E-state index is 10.8. The summed E-state index contributed by atoms with van der Waals surface area (Å²) in [6.07, 6.45) is 0. The summed E-state index contributed by atoms with van der Waals surface area (Å²) in [6, 6.07) is 4.56. The zero-order chi connectivity index (χ0) is 12.1. The van der Waals surface area contributed by atoms with E-state index in [1.54, 1.807) is 6.07 Å². The highest BCUT2D eigenvalue weighted by atomic mass is 16.5. The third-order valence-electron chi connectivity index (χ3n) is 1.98. The van der Waals surface area contributed by atoms with Gasteiger partial charge in [-0.1, -0.05) is 13.8 Å². The summed E-state index contributed by atoms with van der Waals surface area (Å²) in [7, 11) is 1.53. The molecule has 0 aromatic heterocycles. The van der Waals surface area contributed by atoms with Crippen LogP contribution in [0.1, 0.15) is 24.2 Å². The van der Waals surface area contributed by atoms with Crippen molar-refractivity contribution in [2.75, 3.05) is 13.7 Å². The highest BCUT2D eigenvalue weighted by molar-refractivity contribution is 5.88. The molecule has 0 heterocycles. The molecule has 0 amide bonds. The average Bonchev–Trinajstić information content (AvgIpc) is 2.25. The fourth-order valence-corrected chi connectivity index (χ4v) is 1.18. The van der Waals surface area contributed by atoms with E-state index in [1.807, 2.05) is 13.8 Å². The molecule has 1 N–H and O–H groups in total. The fraction of sp³-hybridized carbons (Fsp3) is 0.417. The predicted octanol–water partition coefficient (Wildman–Crippen LogP) is 2.43. The van der Waals surface area contributed by atoms with Gasteiger partial charge in [0.2, 0.25) is 0 Å². The molecule has 0 radical (unpaired) electrons. The molecule has 0 fully saturated rings. The molecule has 0 saturated carbocycles. The van der Waals surface area contributed by atoms with Crippen molar-refractivity contribution >= 4 is 5.97 Å². The molecule has 1 aromatic carbocycles. The van der Waals surface area contributed by atoms with Gasteiger partial charge in [-0.25, -0.2) is 4.79 Å². The van der Waals surface area contributed by atoms with Crippen LogP contribution in [0, 0.1) is 5.92 Å². The number of rotatable bonds is 5. The van der Waals surface area contributed by atoms with E-state index in [0.29, 0.717) is 24.0 Å².